The highest BCUT2D eigenvalue weighted by atomic mass is 16.6. The molecule has 4 rings (SSSR count). The lowest BCUT2D eigenvalue weighted by molar-refractivity contribution is -0.142. The normalized spacial score (nSPS) is 14.7. The van der Waals surface area contributed by atoms with Crippen molar-refractivity contribution in [2.75, 3.05) is 16.8 Å². The van der Waals surface area contributed by atoms with Crippen LogP contribution in [-0.2, 0) is 9.59 Å². The van der Waals surface area contributed by atoms with Gasteiger partial charge in [-0.2, -0.15) is 0 Å². The smallest absolute Gasteiger partial charge is 0.354 e. The van der Waals surface area contributed by atoms with E-state index in [9.17, 15) is 14.4 Å². The fraction of sp³-hybridized carbons (Fsp3) is 0.125. The number of benzene rings is 3. The molecule has 0 unspecified atom stereocenters. The first-order valence-corrected chi connectivity index (χ1v) is 9.73. The third-order valence-corrected chi connectivity index (χ3v) is 4.78. The number of carbonyl (C=O) groups is 3. The van der Waals surface area contributed by atoms with Crippen molar-refractivity contribution >= 4 is 29.2 Å². The molecule has 0 bridgehead atoms. The molecule has 0 aromatic heterocycles. The Balaban J connectivity index is 1.41. The number of rotatable bonds is 4. The van der Waals surface area contributed by atoms with Crippen LogP contribution in [0.15, 0.2) is 78.9 Å². The molecule has 31 heavy (non-hydrogen) atoms. The molecule has 0 radical (unpaired) electrons. The average molecular weight is 416 g/mol. The van der Waals surface area contributed by atoms with Gasteiger partial charge in [-0.05, 0) is 48.5 Å². The summed E-state index contributed by atoms with van der Waals surface area (Å²) in [6.07, 6.45) is -0.948. The minimum absolute atomic E-state index is 0.0659. The summed E-state index contributed by atoms with van der Waals surface area (Å²) in [7, 11) is 0. The van der Waals surface area contributed by atoms with Crippen LogP contribution in [0, 0.1) is 0 Å². The van der Waals surface area contributed by atoms with Crippen LogP contribution in [0.3, 0.4) is 0 Å². The highest BCUT2D eigenvalue weighted by molar-refractivity contribution is 6.04. The van der Waals surface area contributed by atoms with E-state index in [2.05, 4.69) is 5.32 Å². The number of esters is 1. The Labute approximate surface area is 179 Å². The van der Waals surface area contributed by atoms with Crippen LogP contribution < -0.4 is 19.7 Å². The molecule has 0 spiro atoms. The molecule has 1 N–H and O–H groups in total. The number of nitrogens with one attached hydrogen (secondary N) is 1. The third kappa shape index (κ3) is 4.56. The number of anilines is 2. The molecule has 0 saturated carbocycles. The Bertz CT molecular complexity index is 1110. The van der Waals surface area contributed by atoms with E-state index in [-0.39, 0.29) is 18.4 Å². The molecular weight excluding hydrogens is 396 g/mol. The van der Waals surface area contributed by atoms with Gasteiger partial charge in [0.15, 0.2) is 0 Å². The van der Waals surface area contributed by atoms with Crippen LogP contribution in [0.4, 0.5) is 11.4 Å². The van der Waals surface area contributed by atoms with Crippen molar-refractivity contribution in [1.29, 1.82) is 0 Å². The maximum atomic E-state index is 12.6. The summed E-state index contributed by atoms with van der Waals surface area (Å²) < 4.78 is 11.2. The lowest BCUT2D eigenvalue weighted by Gasteiger charge is -2.33. The van der Waals surface area contributed by atoms with Crippen molar-refractivity contribution in [2.24, 2.45) is 0 Å². The molecule has 0 fully saturated rings. The first-order chi connectivity index (χ1) is 15.0. The van der Waals surface area contributed by atoms with E-state index in [1.54, 1.807) is 72.8 Å². The van der Waals surface area contributed by atoms with Crippen LogP contribution >= 0.6 is 0 Å². The van der Waals surface area contributed by atoms with Gasteiger partial charge in [-0.15, -0.1) is 0 Å². The number of hydrogen-bond donors (Lipinski definition) is 1. The van der Waals surface area contributed by atoms with Gasteiger partial charge >= 0.3 is 5.97 Å². The SMILES string of the molecule is CC(=O)N1C[C@H](C(=O)Oc2ccc(NC(=O)c3ccccc3)cc2)Oc2ccccc21. The Morgan fingerprint density at radius 3 is 2.32 bits per heavy atom. The summed E-state index contributed by atoms with van der Waals surface area (Å²) in [5, 5.41) is 2.78. The van der Waals surface area contributed by atoms with E-state index in [0.29, 0.717) is 28.4 Å². The maximum Gasteiger partial charge on any atom is 0.354 e. The summed E-state index contributed by atoms with van der Waals surface area (Å²) in [6, 6.07) is 22.3. The quantitative estimate of drug-likeness (QED) is 0.518. The van der Waals surface area contributed by atoms with Gasteiger partial charge in [0.2, 0.25) is 12.0 Å². The topological polar surface area (TPSA) is 84.9 Å². The highest BCUT2D eigenvalue weighted by Crippen LogP contribution is 2.33. The zero-order valence-electron chi connectivity index (χ0n) is 16.8. The third-order valence-electron chi connectivity index (χ3n) is 4.78. The number of para-hydroxylation sites is 2. The number of fused-ring (bicyclic) bond motifs is 1. The summed E-state index contributed by atoms with van der Waals surface area (Å²) in [5.41, 5.74) is 1.74. The Morgan fingerprint density at radius 1 is 0.935 bits per heavy atom. The summed E-state index contributed by atoms with van der Waals surface area (Å²) in [5.74, 6) is -0.276. The van der Waals surface area contributed by atoms with E-state index >= 15 is 0 Å². The lowest BCUT2D eigenvalue weighted by atomic mass is 10.2. The fourth-order valence-electron chi connectivity index (χ4n) is 3.24. The van der Waals surface area contributed by atoms with Crippen LogP contribution in [-0.4, -0.2) is 30.4 Å². The zero-order chi connectivity index (χ0) is 21.8. The molecule has 0 saturated heterocycles. The molecule has 1 aliphatic heterocycles. The predicted octanol–water partition coefficient (Wildman–Crippen LogP) is 3.66. The van der Waals surface area contributed by atoms with E-state index in [1.807, 2.05) is 6.07 Å². The largest absolute Gasteiger partial charge is 0.475 e. The lowest BCUT2D eigenvalue weighted by Crippen LogP contribution is -2.47. The summed E-state index contributed by atoms with van der Waals surface area (Å²) >= 11 is 0. The number of hydrogen-bond acceptors (Lipinski definition) is 5. The van der Waals surface area contributed by atoms with Crippen molar-refractivity contribution < 1.29 is 23.9 Å². The van der Waals surface area contributed by atoms with Crippen LogP contribution in [0.2, 0.25) is 0 Å². The highest BCUT2D eigenvalue weighted by Gasteiger charge is 2.33. The Kier molecular flexibility index (Phi) is 5.66. The first-order valence-electron chi connectivity index (χ1n) is 9.73. The molecule has 0 aliphatic carbocycles. The summed E-state index contributed by atoms with van der Waals surface area (Å²) in [6.45, 7) is 1.50. The van der Waals surface area contributed by atoms with Crippen molar-refractivity contribution in [3.8, 4) is 11.5 Å². The molecular formula is C24H20N2O5. The molecule has 1 heterocycles. The molecule has 7 nitrogen and oxygen atoms in total. The van der Waals surface area contributed by atoms with Crippen LogP contribution in [0.25, 0.3) is 0 Å². The van der Waals surface area contributed by atoms with Gasteiger partial charge in [0.25, 0.3) is 5.91 Å². The van der Waals surface area contributed by atoms with Gasteiger partial charge in [0.1, 0.15) is 11.5 Å². The van der Waals surface area contributed by atoms with Crippen molar-refractivity contribution in [2.45, 2.75) is 13.0 Å². The van der Waals surface area contributed by atoms with E-state index in [1.165, 1.54) is 11.8 Å². The second-order valence-corrected chi connectivity index (χ2v) is 6.97. The van der Waals surface area contributed by atoms with Gasteiger partial charge in [0, 0.05) is 18.2 Å². The fourth-order valence-corrected chi connectivity index (χ4v) is 3.24. The van der Waals surface area contributed by atoms with Crippen LogP contribution in [0.5, 0.6) is 11.5 Å². The first kappa shape index (κ1) is 20.2. The van der Waals surface area contributed by atoms with Gasteiger partial charge in [-0.1, -0.05) is 30.3 Å². The van der Waals surface area contributed by atoms with E-state index in [0.717, 1.165) is 0 Å². The van der Waals surface area contributed by atoms with Gasteiger partial charge in [-0.3, -0.25) is 9.59 Å². The van der Waals surface area contributed by atoms with Crippen molar-refractivity contribution in [3.63, 3.8) is 0 Å². The second kappa shape index (κ2) is 8.71. The maximum absolute atomic E-state index is 12.6. The number of nitrogens with zero attached hydrogens (tertiary/aromatic N) is 1. The average Bonchev–Trinajstić information content (AvgIpc) is 2.80. The van der Waals surface area contributed by atoms with Crippen LogP contribution in [0.1, 0.15) is 17.3 Å². The predicted molar refractivity (Wildman–Crippen MR) is 115 cm³/mol. The zero-order valence-corrected chi connectivity index (χ0v) is 16.8. The number of ether oxygens (including phenoxy) is 2. The Hall–Kier alpha value is -4.13. The number of carbonyl (C=O) groups excluding carboxylic acids is 3. The van der Waals surface area contributed by atoms with Gasteiger partial charge in [-0.25, -0.2) is 4.79 Å². The van der Waals surface area contributed by atoms with E-state index in [4.69, 9.17) is 9.47 Å². The van der Waals surface area contributed by atoms with E-state index < -0.39 is 12.1 Å². The number of amides is 2. The van der Waals surface area contributed by atoms with Crippen molar-refractivity contribution in [1.82, 2.24) is 0 Å². The molecule has 3 aromatic carbocycles. The summed E-state index contributed by atoms with van der Waals surface area (Å²) in [4.78, 5) is 38.4. The monoisotopic (exact) mass is 416 g/mol. The second-order valence-electron chi connectivity index (χ2n) is 6.97. The van der Waals surface area contributed by atoms with Gasteiger partial charge < -0.3 is 19.7 Å². The molecule has 156 valence electrons. The molecule has 7 heteroatoms. The van der Waals surface area contributed by atoms with Gasteiger partial charge in [0.05, 0.1) is 12.2 Å². The standard InChI is InChI=1S/C24H20N2O5/c1-16(27)26-15-22(31-21-10-6-5-9-20(21)26)24(29)30-19-13-11-18(12-14-19)25-23(28)17-7-3-2-4-8-17/h2-14,22H,15H2,1H3,(H,25,28)/t22-/m1/s1. The molecule has 3 aromatic rings. The molecule has 1 atom stereocenters. The Morgan fingerprint density at radius 2 is 1.61 bits per heavy atom. The minimum atomic E-state index is -0.948. The molecule has 2 amide bonds. The minimum Gasteiger partial charge on any atom is -0.475 e. The molecule has 1 aliphatic rings. The van der Waals surface area contributed by atoms with Crippen molar-refractivity contribution in [3.05, 3.63) is 84.4 Å².